The van der Waals surface area contributed by atoms with E-state index in [1.54, 1.807) is 0 Å². The smallest absolute Gasteiger partial charge is 0.463 e. The molecule has 0 aliphatic heterocycles. The van der Waals surface area contributed by atoms with Gasteiger partial charge in [0.1, 0.15) is 31.5 Å². The van der Waals surface area contributed by atoms with E-state index in [9.17, 15) is 43.8 Å². The fourth-order valence-corrected chi connectivity index (χ4v) is 8.79. The second kappa shape index (κ2) is 47.8. The Balaban J connectivity index is 3.82. The first-order chi connectivity index (χ1) is 32.8. The Kier molecular flexibility index (Phi) is 46.8. The van der Waals surface area contributed by atoms with Gasteiger partial charge in [-0.3, -0.25) is 27.7 Å². The summed E-state index contributed by atoms with van der Waals surface area (Å²) in [4.78, 5) is 43.8. The molecule has 0 radical (unpaired) electrons. The van der Waals surface area contributed by atoms with E-state index < -0.39 is 85.5 Å². The van der Waals surface area contributed by atoms with Crippen LogP contribution in [-0.2, 0) is 46.3 Å². The Morgan fingerprint density at radius 3 is 0.868 bits per heavy atom. The summed E-state index contributed by atoms with van der Waals surface area (Å²) in [6, 6.07) is 0. The van der Waals surface area contributed by atoms with Gasteiger partial charge in [-0.15, -0.1) is 0 Å². The zero-order valence-electron chi connectivity index (χ0n) is 42.5. The number of hydrogen-bond acceptors (Lipinski definition) is 13. The van der Waals surface area contributed by atoms with E-state index in [1.165, 1.54) is 148 Å². The van der Waals surface area contributed by atoms with Gasteiger partial charge in [0, 0.05) is 12.8 Å². The number of aliphatic hydroxyl groups excluding tert-OH is 3. The molecule has 0 amide bonds. The highest BCUT2D eigenvalue weighted by Crippen LogP contribution is 2.45. The fraction of sp³-hybridized carbons (Fsp3) is 0.882. The SMILES string of the molecule is CCCCCC/C=C\CCCCCCCCCC(=O)OCC(O)COP(=O)(O)OCC(O)COP(=O)(O)OCC(O)COC(=O)CCCCCCCCCCCCC/C=C/CCCCCCCC. The molecule has 0 saturated carbocycles. The topological polar surface area (TPSA) is 225 Å². The van der Waals surface area contributed by atoms with Gasteiger partial charge in [0.25, 0.3) is 0 Å². The van der Waals surface area contributed by atoms with Crippen LogP contribution in [0.1, 0.15) is 232 Å². The Bertz CT molecular complexity index is 1320. The van der Waals surface area contributed by atoms with E-state index in [0.29, 0.717) is 12.8 Å². The molecule has 15 nitrogen and oxygen atoms in total. The van der Waals surface area contributed by atoms with Gasteiger partial charge < -0.3 is 34.6 Å². The number of phosphoric ester groups is 2. The molecule has 68 heavy (non-hydrogen) atoms. The van der Waals surface area contributed by atoms with Crippen LogP contribution in [0.5, 0.6) is 0 Å². The molecule has 0 saturated heterocycles. The van der Waals surface area contributed by atoms with Gasteiger partial charge in [-0.2, -0.15) is 0 Å². The quantitative estimate of drug-likeness (QED) is 0.0165. The van der Waals surface area contributed by atoms with E-state index in [2.05, 4.69) is 47.2 Å². The molecule has 17 heteroatoms. The fourth-order valence-electron chi connectivity index (χ4n) is 7.20. The molecule has 5 atom stereocenters. The number of unbranched alkanes of at least 4 members (excludes halogenated alkanes) is 28. The summed E-state index contributed by atoms with van der Waals surface area (Å²) in [7, 11) is -9.57. The molecular weight excluding hydrogens is 914 g/mol. The van der Waals surface area contributed by atoms with E-state index in [-0.39, 0.29) is 12.8 Å². The van der Waals surface area contributed by atoms with Crippen molar-refractivity contribution in [2.45, 2.75) is 250 Å². The highest BCUT2D eigenvalue weighted by molar-refractivity contribution is 7.47. The van der Waals surface area contributed by atoms with Crippen LogP contribution < -0.4 is 0 Å². The summed E-state index contributed by atoms with van der Waals surface area (Å²) < 4.78 is 53.1. The summed E-state index contributed by atoms with van der Waals surface area (Å²) >= 11 is 0. The lowest BCUT2D eigenvalue weighted by atomic mass is 10.0. The van der Waals surface area contributed by atoms with Crippen molar-refractivity contribution in [3.63, 3.8) is 0 Å². The average molecular weight is 1010 g/mol. The number of hydrogen-bond donors (Lipinski definition) is 5. The van der Waals surface area contributed by atoms with Crippen molar-refractivity contribution in [1.29, 1.82) is 0 Å². The van der Waals surface area contributed by atoms with Crippen molar-refractivity contribution >= 4 is 27.6 Å². The van der Waals surface area contributed by atoms with Crippen LogP contribution in [0.3, 0.4) is 0 Å². The Labute approximate surface area is 412 Å². The van der Waals surface area contributed by atoms with E-state index in [4.69, 9.17) is 18.5 Å². The number of aliphatic hydroxyl groups is 3. The van der Waals surface area contributed by atoms with Crippen LogP contribution in [0.4, 0.5) is 0 Å². The summed E-state index contributed by atoms with van der Waals surface area (Å²) in [6.45, 7) is 0.440. The van der Waals surface area contributed by atoms with E-state index in [0.717, 1.165) is 44.9 Å². The minimum absolute atomic E-state index is 0.193. The predicted molar refractivity (Wildman–Crippen MR) is 270 cm³/mol. The third-order valence-corrected chi connectivity index (χ3v) is 13.3. The van der Waals surface area contributed by atoms with Crippen molar-refractivity contribution in [2.24, 2.45) is 0 Å². The van der Waals surface area contributed by atoms with Crippen LogP contribution in [-0.4, -0.2) is 95.0 Å². The number of carbonyl (C=O) groups is 2. The maximum Gasteiger partial charge on any atom is 0.472 e. The van der Waals surface area contributed by atoms with Crippen LogP contribution in [0, 0.1) is 0 Å². The van der Waals surface area contributed by atoms with Gasteiger partial charge in [-0.25, -0.2) is 9.13 Å². The molecule has 0 spiro atoms. The van der Waals surface area contributed by atoms with Gasteiger partial charge in [0.2, 0.25) is 0 Å². The molecule has 0 aliphatic rings. The zero-order chi connectivity index (χ0) is 50.2. The normalized spacial score (nSPS) is 15.1. The van der Waals surface area contributed by atoms with Gasteiger partial charge >= 0.3 is 27.6 Å². The lowest BCUT2D eigenvalue weighted by molar-refractivity contribution is -0.148. The van der Waals surface area contributed by atoms with Crippen molar-refractivity contribution in [2.75, 3.05) is 39.6 Å². The molecule has 0 aromatic heterocycles. The molecule has 5 N–H and O–H groups in total. The van der Waals surface area contributed by atoms with Crippen molar-refractivity contribution in [1.82, 2.24) is 0 Å². The first kappa shape index (κ1) is 66.5. The van der Waals surface area contributed by atoms with Crippen LogP contribution in [0.25, 0.3) is 0 Å². The van der Waals surface area contributed by atoms with Gasteiger partial charge in [0.05, 0.1) is 26.4 Å². The number of rotatable bonds is 52. The molecular formula is C51H98O15P2. The summed E-state index contributed by atoms with van der Waals surface area (Å²) in [5.41, 5.74) is 0. The molecule has 0 aliphatic carbocycles. The zero-order valence-corrected chi connectivity index (χ0v) is 44.3. The number of allylic oxidation sites excluding steroid dienone is 4. The first-order valence-corrected chi connectivity index (χ1v) is 29.7. The third-order valence-electron chi connectivity index (χ3n) is 11.4. The number of ether oxygens (including phenoxy) is 2. The molecule has 0 heterocycles. The number of phosphoric acid groups is 2. The molecule has 0 rings (SSSR count). The molecule has 402 valence electrons. The first-order valence-electron chi connectivity index (χ1n) is 26.7. The summed E-state index contributed by atoms with van der Waals surface area (Å²) in [6.07, 6.45) is 43.0. The number of esters is 2. The molecule has 0 bridgehead atoms. The molecule has 0 aromatic rings. The third kappa shape index (κ3) is 49.5. The van der Waals surface area contributed by atoms with Crippen molar-refractivity contribution in [3.05, 3.63) is 24.3 Å². The summed E-state index contributed by atoms with van der Waals surface area (Å²) in [5.74, 6) is -0.993. The lowest BCUT2D eigenvalue weighted by Crippen LogP contribution is -2.25. The Hall–Kier alpha value is -1.48. The Morgan fingerprint density at radius 2 is 0.588 bits per heavy atom. The minimum Gasteiger partial charge on any atom is -0.463 e. The molecule has 0 fully saturated rings. The van der Waals surface area contributed by atoms with Crippen LogP contribution in [0.2, 0.25) is 0 Å². The van der Waals surface area contributed by atoms with Crippen LogP contribution in [0.15, 0.2) is 24.3 Å². The second-order valence-electron chi connectivity index (χ2n) is 18.2. The van der Waals surface area contributed by atoms with Crippen molar-refractivity contribution < 1.29 is 71.4 Å². The van der Waals surface area contributed by atoms with Gasteiger partial charge in [-0.05, 0) is 64.2 Å². The Morgan fingerprint density at radius 1 is 0.368 bits per heavy atom. The maximum atomic E-state index is 12.2. The summed E-state index contributed by atoms with van der Waals surface area (Å²) in [5, 5.41) is 30.1. The largest absolute Gasteiger partial charge is 0.472 e. The highest BCUT2D eigenvalue weighted by Gasteiger charge is 2.28. The minimum atomic E-state index is -4.79. The lowest BCUT2D eigenvalue weighted by Gasteiger charge is -2.19. The van der Waals surface area contributed by atoms with E-state index >= 15 is 0 Å². The van der Waals surface area contributed by atoms with Crippen LogP contribution >= 0.6 is 15.6 Å². The highest BCUT2D eigenvalue weighted by atomic mass is 31.2. The average Bonchev–Trinajstić information content (AvgIpc) is 3.31. The maximum absolute atomic E-state index is 12.2. The van der Waals surface area contributed by atoms with Gasteiger partial charge in [0.15, 0.2) is 0 Å². The molecule has 5 unspecified atom stereocenters. The monoisotopic (exact) mass is 1010 g/mol. The van der Waals surface area contributed by atoms with Gasteiger partial charge in [-0.1, -0.05) is 179 Å². The standard InChI is InChI=1S/C51H98O15P2/c1-3-5-7-9-11-13-15-17-19-20-21-22-23-24-26-28-30-32-34-36-38-40-51(56)62-42-48(53)44-64-68(59,60)66-46-49(54)45-65-67(57,58)63-43-47(52)41-61-50(55)39-37-35-33-31-29-27-25-18-16-14-12-10-8-6-4-2/h14,16-17,19,47-49,52-54H,3-13,15,18,20-46H2,1-2H3,(H,57,58)(H,59,60)/b16-14-,19-17+. The second-order valence-corrected chi connectivity index (χ2v) is 21.1. The predicted octanol–water partition coefficient (Wildman–Crippen LogP) is 12.8. The van der Waals surface area contributed by atoms with E-state index in [1.807, 2.05) is 0 Å². The molecule has 0 aromatic carbocycles. The number of carbonyl (C=O) groups excluding carboxylic acids is 2. The van der Waals surface area contributed by atoms with Crippen molar-refractivity contribution in [3.8, 4) is 0 Å².